The second kappa shape index (κ2) is 8.37. The maximum Gasteiger partial charge on any atom is 0.257 e. The van der Waals surface area contributed by atoms with Crippen molar-refractivity contribution in [2.75, 3.05) is 18.8 Å². The van der Waals surface area contributed by atoms with Crippen LogP contribution in [-0.4, -0.2) is 54.8 Å². The van der Waals surface area contributed by atoms with Crippen LogP contribution in [-0.2, 0) is 6.54 Å². The van der Waals surface area contributed by atoms with Gasteiger partial charge in [-0.25, -0.2) is 14.6 Å². The number of hydrogen-bond donors (Lipinski definition) is 2. The monoisotopic (exact) mass is 442 g/mol. The number of pyridine rings is 1. The number of aromatic nitrogens is 5. The largest absolute Gasteiger partial charge is 0.379 e. The highest BCUT2D eigenvalue weighted by molar-refractivity contribution is 6.06. The summed E-state index contributed by atoms with van der Waals surface area (Å²) in [6.45, 7) is 3.56. The Morgan fingerprint density at radius 3 is 2.73 bits per heavy atom. The summed E-state index contributed by atoms with van der Waals surface area (Å²) in [7, 11) is 0. The minimum Gasteiger partial charge on any atom is -0.379 e. The van der Waals surface area contributed by atoms with Crippen LogP contribution >= 0.6 is 0 Å². The fourth-order valence-electron chi connectivity index (χ4n) is 4.02. The van der Waals surface area contributed by atoms with Gasteiger partial charge in [0, 0.05) is 37.4 Å². The molecule has 4 aromatic rings. The molecule has 1 unspecified atom stereocenters. The number of benzene rings is 1. The van der Waals surface area contributed by atoms with Gasteiger partial charge in [-0.1, -0.05) is 24.1 Å². The summed E-state index contributed by atoms with van der Waals surface area (Å²) in [5.41, 5.74) is 15.1. The number of anilines is 1. The Labute approximate surface area is 189 Å². The highest BCUT2D eigenvalue weighted by Crippen LogP contribution is 2.30. The topological polar surface area (TPSA) is 142 Å². The van der Waals surface area contributed by atoms with Crippen molar-refractivity contribution in [3.8, 4) is 23.4 Å². The number of hydrogen-bond acceptors (Lipinski definition) is 8. The molecule has 33 heavy (non-hydrogen) atoms. The molecule has 3 aromatic heterocycles. The predicted octanol–water partition coefficient (Wildman–Crippen LogP) is 1.66. The van der Waals surface area contributed by atoms with Crippen molar-refractivity contribution in [3.05, 3.63) is 53.3 Å². The van der Waals surface area contributed by atoms with Gasteiger partial charge in [0.2, 0.25) is 0 Å². The predicted molar refractivity (Wildman–Crippen MR) is 122 cm³/mol. The van der Waals surface area contributed by atoms with Gasteiger partial charge in [0.15, 0.2) is 17.3 Å². The summed E-state index contributed by atoms with van der Waals surface area (Å²) >= 11 is 0. The lowest BCUT2D eigenvalue weighted by Crippen LogP contribution is -2.32. The van der Waals surface area contributed by atoms with Crippen LogP contribution in [0.5, 0.6) is 0 Å². The lowest BCUT2D eigenvalue weighted by Gasteiger charge is -2.17. The van der Waals surface area contributed by atoms with Gasteiger partial charge in [-0.3, -0.25) is 4.79 Å². The van der Waals surface area contributed by atoms with E-state index in [1.807, 2.05) is 41.8 Å². The van der Waals surface area contributed by atoms with Crippen LogP contribution in [0.15, 0.2) is 41.2 Å². The Balaban J connectivity index is 1.72. The molecule has 1 amide bonds. The zero-order valence-electron chi connectivity index (χ0n) is 18.0. The van der Waals surface area contributed by atoms with Crippen molar-refractivity contribution in [3.63, 3.8) is 0 Å². The number of fused-ring (bicyclic) bond motifs is 1. The van der Waals surface area contributed by atoms with Crippen molar-refractivity contribution in [2.24, 2.45) is 5.73 Å². The first-order valence-corrected chi connectivity index (χ1v) is 10.7. The molecule has 10 nitrogen and oxygen atoms in total. The van der Waals surface area contributed by atoms with Crippen molar-refractivity contribution >= 4 is 22.8 Å². The van der Waals surface area contributed by atoms with Crippen molar-refractivity contribution in [1.82, 2.24) is 29.7 Å². The Morgan fingerprint density at radius 1 is 1.24 bits per heavy atom. The van der Waals surface area contributed by atoms with Gasteiger partial charge in [0.05, 0.1) is 11.1 Å². The molecule has 1 aliphatic heterocycles. The molecule has 1 aliphatic rings. The van der Waals surface area contributed by atoms with E-state index in [-0.39, 0.29) is 17.8 Å². The normalized spacial score (nSPS) is 15.6. The van der Waals surface area contributed by atoms with Gasteiger partial charge in [-0.2, -0.15) is 0 Å². The molecule has 4 N–H and O–H groups in total. The smallest absolute Gasteiger partial charge is 0.257 e. The minimum atomic E-state index is -0.143. The lowest BCUT2D eigenvalue weighted by atomic mass is 10.1. The van der Waals surface area contributed by atoms with Crippen LogP contribution in [0, 0.1) is 11.8 Å². The highest BCUT2D eigenvalue weighted by atomic mass is 16.6. The van der Waals surface area contributed by atoms with E-state index >= 15 is 0 Å². The summed E-state index contributed by atoms with van der Waals surface area (Å²) in [5, 5.41) is 7.58. The number of rotatable bonds is 3. The summed E-state index contributed by atoms with van der Waals surface area (Å²) in [5.74, 6) is 6.62. The molecule has 0 spiro atoms. The molecule has 10 heteroatoms. The number of nitrogens with zero attached hydrogens (tertiary/aromatic N) is 6. The number of imidazole rings is 1. The summed E-state index contributed by atoms with van der Waals surface area (Å²) in [6.07, 6.45) is 2.33. The van der Waals surface area contributed by atoms with Crippen LogP contribution in [0.2, 0.25) is 0 Å². The van der Waals surface area contributed by atoms with Gasteiger partial charge < -0.3 is 20.9 Å². The summed E-state index contributed by atoms with van der Waals surface area (Å²) in [6, 6.07) is 9.56. The number of nitrogen functional groups attached to an aromatic ring is 1. The Bertz CT molecular complexity index is 1400. The Kier molecular flexibility index (Phi) is 5.24. The Hall–Kier alpha value is -4.23. The van der Waals surface area contributed by atoms with Gasteiger partial charge >= 0.3 is 0 Å². The maximum atomic E-state index is 13.4. The van der Waals surface area contributed by atoms with Gasteiger partial charge in [0.25, 0.3) is 5.91 Å². The van der Waals surface area contributed by atoms with E-state index in [0.29, 0.717) is 53.4 Å². The first-order valence-electron chi connectivity index (χ1n) is 10.7. The Morgan fingerprint density at radius 2 is 2.06 bits per heavy atom. The zero-order chi connectivity index (χ0) is 22.9. The zero-order valence-corrected chi connectivity index (χ0v) is 18.0. The van der Waals surface area contributed by atoms with E-state index in [1.165, 1.54) is 0 Å². The molecule has 1 aromatic carbocycles. The van der Waals surface area contributed by atoms with Crippen LogP contribution < -0.4 is 11.5 Å². The molecule has 166 valence electrons. The standard InChI is InChI=1S/C23H22N8O2/c1-2-31-20-16(23(32)30-11-10-15(24)13-30)12-26-17(9-8-14-6-4-3-5-7-14)18(20)27-22(31)19-21(25)29-33-28-19/h3-7,12,15H,2,10-11,13,24H2,1H3,(H2,25,29). The highest BCUT2D eigenvalue weighted by Gasteiger charge is 2.29. The molecule has 4 heterocycles. The number of carbonyl (C=O) groups is 1. The molecule has 1 fully saturated rings. The quantitative estimate of drug-likeness (QED) is 0.456. The van der Waals surface area contributed by atoms with E-state index in [9.17, 15) is 4.79 Å². The molecule has 0 saturated carbocycles. The average Bonchev–Trinajstić information content (AvgIpc) is 3.55. The molecule has 1 atom stereocenters. The number of likely N-dealkylation sites (tertiary alicyclic amines) is 1. The molecule has 5 rings (SSSR count). The molecule has 0 aliphatic carbocycles. The second-order valence-corrected chi connectivity index (χ2v) is 7.81. The van der Waals surface area contributed by atoms with Crippen molar-refractivity contribution < 1.29 is 9.42 Å². The van der Waals surface area contributed by atoms with E-state index < -0.39 is 0 Å². The lowest BCUT2D eigenvalue weighted by molar-refractivity contribution is 0.0792. The van der Waals surface area contributed by atoms with E-state index in [0.717, 1.165) is 12.0 Å². The fraction of sp³-hybridized carbons (Fsp3) is 0.261. The minimum absolute atomic E-state index is 0.0268. The number of amides is 1. The summed E-state index contributed by atoms with van der Waals surface area (Å²) in [4.78, 5) is 24.4. The third kappa shape index (κ3) is 3.68. The first kappa shape index (κ1) is 20.7. The third-order valence-corrected chi connectivity index (χ3v) is 5.65. The molecular weight excluding hydrogens is 420 g/mol. The van der Waals surface area contributed by atoms with Gasteiger partial charge in [0.1, 0.15) is 11.2 Å². The third-order valence-electron chi connectivity index (χ3n) is 5.65. The SMILES string of the molecule is CCn1c(-c2nonc2N)nc2c(C#Cc3ccccc3)ncc(C(=O)N3CCC(N)C3)c21. The first-order chi connectivity index (χ1) is 16.1. The maximum absolute atomic E-state index is 13.4. The molecule has 0 bridgehead atoms. The second-order valence-electron chi connectivity index (χ2n) is 7.81. The van der Waals surface area contributed by atoms with Crippen LogP contribution in [0.1, 0.15) is 35.0 Å². The number of carbonyl (C=O) groups excluding carboxylic acids is 1. The van der Waals surface area contributed by atoms with Gasteiger partial charge in [-0.05, 0) is 41.7 Å². The summed E-state index contributed by atoms with van der Waals surface area (Å²) < 4.78 is 6.66. The molecule has 0 radical (unpaired) electrons. The number of aryl methyl sites for hydroxylation is 1. The van der Waals surface area contributed by atoms with Crippen LogP contribution in [0.4, 0.5) is 5.82 Å². The molecular formula is C23H22N8O2. The fourth-order valence-corrected chi connectivity index (χ4v) is 4.02. The van der Waals surface area contributed by atoms with Crippen LogP contribution in [0.25, 0.3) is 22.6 Å². The number of nitrogens with two attached hydrogens (primary N) is 2. The van der Waals surface area contributed by atoms with Crippen LogP contribution in [0.3, 0.4) is 0 Å². The average molecular weight is 442 g/mol. The van der Waals surface area contributed by atoms with E-state index in [4.69, 9.17) is 21.1 Å². The molecule has 1 saturated heterocycles. The van der Waals surface area contributed by atoms with E-state index in [2.05, 4.69) is 27.1 Å². The van der Waals surface area contributed by atoms with Gasteiger partial charge in [-0.15, -0.1) is 0 Å². The van der Waals surface area contributed by atoms with E-state index in [1.54, 1.807) is 11.1 Å². The van der Waals surface area contributed by atoms with Crippen molar-refractivity contribution in [1.29, 1.82) is 0 Å². The van der Waals surface area contributed by atoms with Crippen molar-refractivity contribution in [2.45, 2.75) is 25.9 Å².